The molecule has 1 aromatic rings. The van der Waals surface area contributed by atoms with Crippen molar-refractivity contribution in [3.63, 3.8) is 0 Å². The molecule has 96 valence electrons. The fraction of sp³-hybridized carbons (Fsp3) is 0.571. The van der Waals surface area contributed by atoms with E-state index in [9.17, 15) is 0 Å². The van der Waals surface area contributed by atoms with Gasteiger partial charge < -0.3 is 10.1 Å². The number of ether oxygens (including phenoxy) is 1. The van der Waals surface area contributed by atoms with Crippen LogP contribution in [-0.2, 0) is 11.2 Å². The smallest absolute Gasteiger partial charge is 0.0952 e. The van der Waals surface area contributed by atoms with Crippen molar-refractivity contribution in [2.24, 2.45) is 0 Å². The normalized spacial score (nSPS) is 18.3. The number of hydrogen-bond acceptors (Lipinski definition) is 2. The lowest BCUT2D eigenvalue weighted by Gasteiger charge is -2.26. The monoisotopic (exact) mass is 255 g/mol. The second kappa shape index (κ2) is 7.70. The second-order valence-corrected chi connectivity index (χ2v) is 4.37. The Morgan fingerprint density at radius 1 is 1.35 bits per heavy atom. The first-order chi connectivity index (χ1) is 7.92. The van der Waals surface area contributed by atoms with Crippen LogP contribution in [0.5, 0.6) is 0 Å². The first-order valence-electron chi connectivity index (χ1n) is 6.32. The van der Waals surface area contributed by atoms with Crippen molar-refractivity contribution in [3.8, 4) is 0 Å². The van der Waals surface area contributed by atoms with E-state index >= 15 is 0 Å². The number of unbranched alkanes of at least 4 members (excludes halogenated alkanes) is 1. The van der Waals surface area contributed by atoms with Crippen molar-refractivity contribution in [1.29, 1.82) is 0 Å². The number of benzene rings is 1. The Bertz CT molecular complexity index is 330. The van der Waals surface area contributed by atoms with Crippen LogP contribution in [0.2, 0.25) is 0 Å². The molecule has 0 amide bonds. The first kappa shape index (κ1) is 14.5. The topological polar surface area (TPSA) is 21.3 Å². The zero-order valence-corrected chi connectivity index (χ0v) is 11.3. The largest absolute Gasteiger partial charge is 0.372 e. The fourth-order valence-electron chi connectivity index (χ4n) is 2.18. The van der Waals surface area contributed by atoms with Crippen molar-refractivity contribution in [2.45, 2.75) is 32.3 Å². The van der Waals surface area contributed by atoms with Crippen molar-refractivity contribution >= 4 is 12.4 Å². The molecule has 1 N–H and O–H groups in total. The third kappa shape index (κ3) is 3.98. The summed E-state index contributed by atoms with van der Waals surface area (Å²) in [7, 11) is 0. The Morgan fingerprint density at radius 3 is 3.00 bits per heavy atom. The van der Waals surface area contributed by atoms with Gasteiger partial charge in [0.1, 0.15) is 0 Å². The zero-order chi connectivity index (χ0) is 11.2. The highest BCUT2D eigenvalue weighted by atomic mass is 35.5. The zero-order valence-electron chi connectivity index (χ0n) is 10.4. The van der Waals surface area contributed by atoms with Crippen LogP contribution in [0, 0.1) is 0 Å². The summed E-state index contributed by atoms with van der Waals surface area (Å²) in [6.45, 7) is 5.11. The molecule has 1 aromatic carbocycles. The molecular formula is C14H22ClNO. The molecule has 1 aliphatic heterocycles. The molecular weight excluding hydrogens is 234 g/mol. The lowest BCUT2D eigenvalue weighted by atomic mass is 9.97. The Hall–Kier alpha value is -0.570. The summed E-state index contributed by atoms with van der Waals surface area (Å²) in [5, 5.41) is 3.47. The van der Waals surface area contributed by atoms with Crippen LogP contribution in [0.4, 0.5) is 0 Å². The van der Waals surface area contributed by atoms with Gasteiger partial charge in [0.15, 0.2) is 0 Å². The number of nitrogens with one attached hydrogen (secondary N) is 1. The van der Waals surface area contributed by atoms with Crippen LogP contribution >= 0.6 is 12.4 Å². The molecule has 1 unspecified atom stereocenters. The summed E-state index contributed by atoms with van der Waals surface area (Å²) in [6, 6.07) is 8.63. The van der Waals surface area contributed by atoms with E-state index in [4.69, 9.17) is 4.74 Å². The van der Waals surface area contributed by atoms with Gasteiger partial charge in [-0.15, -0.1) is 12.4 Å². The summed E-state index contributed by atoms with van der Waals surface area (Å²) in [4.78, 5) is 0. The van der Waals surface area contributed by atoms with Gasteiger partial charge in [0, 0.05) is 6.54 Å². The number of halogens is 1. The minimum absolute atomic E-state index is 0. The highest BCUT2D eigenvalue weighted by molar-refractivity contribution is 5.85. The summed E-state index contributed by atoms with van der Waals surface area (Å²) >= 11 is 0. The predicted octanol–water partition coefficient (Wildman–Crippen LogP) is 3.11. The van der Waals surface area contributed by atoms with Gasteiger partial charge in [-0.3, -0.25) is 0 Å². The van der Waals surface area contributed by atoms with Crippen molar-refractivity contribution in [2.75, 3.05) is 19.7 Å². The molecule has 2 rings (SSSR count). The molecule has 3 heteroatoms. The van der Waals surface area contributed by atoms with Gasteiger partial charge in [0.25, 0.3) is 0 Å². The molecule has 0 saturated carbocycles. The molecule has 0 aliphatic carbocycles. The maximum absolute atomic E-state index is 5.82. The van der Waals surface area contributed by atoms with Crippen LogP contribution < -0.4 is 5.32 Å². The van der Waals surface area contributed by atoms with E-state index in [1.54, 1.807) is 0 Å². The third-order valence-electron chi connectivity index (χ3n) is 3.13. The van der Waals surface area contributed by atoms with Gasteiger partial charge >= 0.3 is 0 Å². The Labute approximate surface area is 110 Å². The second-order valence-electron chi connectivity index (χ2n) is 4.37. The molecule has 0 spiro atoms. The van der Waals surface area contributed by atoms with E-state index in [0.29, 0.717) is 0 Å². The van der Waals surface area contributed by atoms with E-state index in [1.807, 2.05) is 0 Å². The summed E-state index contributed by atoms with van der Waals surface area (Å²) < 4.78 is 5.82. The standard InChI is InChI=1S/C14H21NO.ClH/c1-2-3-9-15-11-14-13-7-5-4-6-12(13)8-10-16-14;/h4-7,14-15H,2-3,8-11H2,1H3;1H. The van der Waals surface area contributed by atoms with Gasteiger partial charge in [0.2, 0.25) is 0 Å². The van der Waals surface area contributed by atoms with Gasteiger partial charge in [0.05, 0.1) is 12.7 Å². The molecule has 0 saturated heterocycles. The van der Waals surface area contributed by atoms with Crippen molar-refractivity contribution in [3.05, 3.63) is 35.4 Å². The van der Waals surface area contributed by atoms with E-state index in [0.717, 1.165) is 26.1 Å². The maximum Gasteiger partial charge on any atom is 0.0952 e. The van der Waals surface area contributed by atoms with E-state index in [-0.39, 0.29) is 18.5 Å². The molecule has 17 heavy (non-hydrogen) atoms. The van der Waals surface area contributed by atoms with Crippen LogP contribution in [0.25, 0.3) is 0 Å². The SMILES string of the molecule is CCCCNCC1OCCc2ccccc21.Cl. The highest BCUT2D eigenvalue weighted by Gasteiger charge is 2.19. The number of hydrogen-bond donors (Lipinski definition) is 1. The van der Waals surface area contributed by atoms with Gasteiger partial charge in [-0.25, -0.2) is 0 Å². The highest BCUT2D eigenvalue weighted by Crippen LogP contribution is 2.25. The molecule has 1 atom stereocenters. The minimum atomic E-state index is 0. The average Bonchev–Trinajstić information content (AvgIpc) is 2.35. The average molecular weight is 256 g/mol. The van der Waals surface area contributed by atoms with Gasteiger partial charge in [-0.05, 0) is 30.5 Å². The molecule has 0 aromatic heterocycles. The van der Waals surface area contributed by atoms with Crippen LogP contribution in [0.3, 0.4) is 0 Å². The fourth-order valence-corrected chi connectivity index (χ4v) is 2.18. The minimum Gasteiger partial charge on any atom is -0.372 e. The van der Waals surface area contributed by atoms with Gasteiger partial charge in [-0.1, -0.05) is 37.6 Å². The molecule has 1 heterocycles. The van der Waals surface area contributed by atoms with Crippen molar-refractivity contribution < 1.29 is 4.74 Å². The molecule has 0 radical (unpaired) electrons. The quantitative estimate of drug-likeness (QED) is 0.817. The first-order valence-corrected chi connectivity index (χ1v) is 6.32. The molecule has 0 fully saturated rings. The summed E-state index contributed by atoms with van der Waals surface area (Å²) in [6.07, 6.45) is 3.80. The van der Waals surface area contributed by atoms with E-state index in [1.165, 1.54) is 24.0 Å². The van der Waals surface area contributed by atoms with Crippen molar-refractivity contribution in [1.82, 2.24) is 5.32 Å². The Kier molecular flexibility index (Phi) is 6.56. The predicted molar refractivity (Wildman–Crippen MR) is 73.9 cm³/mol. The van der Waals surface area contributed by atoms with Crippen LogP contribution in [0.15, 0.2) is 24.3 Å². The number of fused-ring (bicyclic) bond motifs is 1. The van der Waals surface area contributed by atoms with Crippen LogP contribution in [0.1, 0.15) is 37.0 Å². The van der Waals surface area contributed by atoms with Gasteiger partial charge in [-0.2, -0.15) is 0 Å². The summed E-state index contributed by atoms with van der Waals surface area (Å²) in [5.41, 5.74) is 2.83. The molecule has 2 nitrogen and oxygen atoms in total. The number of rotatable bonds is 5. The maximum atomic E-state index is 5.82. The Morgan fingerprint density at radius 2 is 2.18 bits per heavy atom. The third-order valence-corrected chi connectivity index (χ3v) is 3.13. The molecule has 1 aliphatic rings. The van der Waals surface area contributed by atoms with Crippen LogP contribution in [-0.4, -0.2) is 19.7 Å². The van der Waals surface area contributed by atoms with E-state index < -0.39 is 0 Å². The lowest BCUT2D eigenvalue weighted by Crippen LogP contribution is -2.28. The summed E-state index contributed by atoms with van der Waals surface area (Å²) in [5.74, 6) is 0. The van der Waals surface area contributed by atoms with E-state index in [2.05, 4.69) is 36.5 Å². The lowest BCUT2D eigenvalue weighted by molar-refractivity contribution is 0.0426. The Balaban J connectivity index is 0.00000144. The molecule has 0 bridgehead atoms.